The molecule has 2 atom stereocenters. The molecule has 1 rings (SSSR count). The van der Waals surface area contributed by atoms with E-state index < -0.39 is 0 Å². The maximum Gasteiger partial charge on any atom is 0.0767 e. The fourth-order valence-corrected chi connectivity index (χ4v) is 1.29. The van der Waals surface area contributed by atoms with Crippen LogP contribution >= 0.6 is 0 Å². The van der Waals surface area contributed by atoms with E-state index in [1.165, 1.54) is 0 Å². The van der Waals surface area contributed by atoms with Gasteiger partial charge in [-0.25, -0.2) is 0 Å². The predicted molar refractivity (Wildman–Crippen MR) is 45.8 cm³/mol. The van der Waals surface area contributed by atoms with E-state index in [0.29, 0.717) is 6.42 Å². The minimum atomic E-state index is -0.367. The van der Waals surface area contributed by atoms with Crippen LogP contribution in [0.2, 0.25) is 0 Å². The zero-order chi connectivity index (χ0) is 8.43. The van der Waals surface area contributed by atoms with Crippen molar-refractivity contribution < 1.29 is 5.11 Å². The van der Waals surface area contributed by atoms with Gasteiger partial charge in [0.2, 0.25) is 0 Å². The number of aliphatic hydroxyl groups is 1. The lowest BCUT2D eigenvalue weighted by Crippen LogP contribution is -1.94. The van der Waals surface area contributed by atoms with E-state index in [9.17, 15) is 5.11 Å². The van der Waals surface area contributed by atoms with Crippen LogP contribution < -0.4 is 0 Å². The first-order chi connectivity index (χ1) is 5.15. The molecule has 58 valence electrons. The van der Waals surface area contributed by atoms with Gasteiger partial charge in [-0.15, -0.1) is 6.42 Å². The van der Waals surface area contributed by atoms with Crippen molar-refractivity contribution in [3.63, 3.8) is 0 Å². The Balaban J connectivity index is 2.81. The summed E-state index contributed by atoms with van der Waals surface area (Å²) in [5.41, 5.74) is 2.00. The third-order valence-electron chi connectivity index (χ3n) is 1.95. The number of terminal acetylenes is 1. The van der Waals surface area contributed by atoms with Gasteiger partial charge in [-0.3, -0.25) is 0 Å². The minimum absolute atomic E-state index is 0.0830. The fraction of sp³-hybridized carbons (Fsp3) is 0.400. The topological polar surface area (TPSA) is 20.2 Å². The van der Waals surface area contributed by atoms with E-state index in [-0.39, 0.29) is 12.0 Å². The summed E-state index contributed by atoms with van der Waals surface area (Å²) in [7, 11) is 0. The number of allylic oxidation sites excluding steroid dienone is 1. The first-order valence-corrected chi connectivity index (χ1v) is 3.69. The Hall–Kier alpha value is -1.00. The molecule has 0 aromatic heterocycles. The lowest BCUT2D eigenvalue weighted by atomic mass is 9.98. The van der Waals surface area contributed by atoms with Crippen LogP contribution in [0.4, 0.5) is 0 Å². The van der Waals surface area contributed by atoms with Gasteiger partial charge in [0.25, 0.3) is 0 Å². The van der Waals surface area contributed by atoms with Gasteiger partial charge in [0.05, 0.1) is 6.10 Å². The molecule has 0 saturated carbocycles. The van der Waals surface area contributed by atoms with Crippen molar-refractivity contribution in [2.24, 2.45) is 5.92 Å². The molecule has 0 fully saturated rings. The summed E-state index contributed by atoms with van der Waals surface area (Å²) in [5.74, 6) is 2.70. The lowest BCUT2D eigenvalue weighted by molar-refractivity contribution is 0.230. The third kappa shape index (κ3) is 1.53. The van der Waals surface area contributed by atoms with Crippen molar-refractivity contribution in [3.05, 3.63) is 23.8 Å². The van der Waals surface area contributed by atoms with Gasteiger partial charge in [-0.2, -0.15) is 0 Å². The summed E-state index contributed by atoms with van der Waals surface area (Å²) in [4.78, 5) is 0. The maximum atomic E-state index is 9.21. The molecule has 0 amide bonds. The zero-order valence-electron chi connectivity index (χ0n) is 6.67. The summed E-state index contributed by atoms with van der Waals surface area (Å²) >= 11 is 0. The Kier molecular flexibility index (Phi) is 2.16. The van der Waals surface area contributed by atoms with E-state index in [2.05, 4.69) is 12.5 Å². The van der Waals surface area contributed by atoms with Crippen LogP contribution in [0.1, 0.15) is 13.3 Å². The highest BCUT2D eigenvalue weighted by molar-refractivity contribution is 5.40. The van der Waals surface area contributed by atoms with Gasteiger partial charge in [0.1, 0.15) is 0 Å². The molecule has 1 N–H and O–H groups in total. The Morgan fingerprint density at radius 1 is 1.91 bits per heavy atom. The van der Waals surface area contributed by atoms with Gasteiger partial charge in [0.15, 0.2) is 0 Å². The van der Waals surface area contributed by atoms with Crippen LogP contribution in [0, 0.1) is 18.3 Å². The maximum absolute atomic E-state index is 9.21. The van der Waals surface area contributed by atoms with Crippen molar-refractivity contribution in [2.75, 3.05) is 0 Å². The highest BCUT2D eigenvalue weighted by Gasteiger charge is 2.19. The average molecular weight is 148 g/mol. The first kappa shape index (κ1) is 8.10. The van der Waals surface area contributed by atoms with E-state index in [1.54, 1.807) is 6.08 Å². The molecule has 0 bridgehead atoms. The normalized spacial score (nSPS) is 26.1. The molecule has 0 aromatic carbocycles. The molecule has 1 aliphatic rings. The number of rotatable bonds is 1. The summed E-state index contributed by atoms with van der Waals surface area (Å²) in [5, 5.41) is 9.21. The van der Waals surface area contributed by atoms with Crippen LogP contribution in [-0.4, -0.2) is 11.2 Å². The van der Waals surface area contributed by atoms with Gasteiger partial charge >= 0.3 is 0 Å². The van der Waals surface area contributed by atoms with Gasteiger partial charge < -0.3 is 5.11 Å². The van der Waals surface area contributed by atoms with Crippen molar-refractivity contribution >= 4 is 0 Å². The van der Waals surface area contributed by atoms with Crippen LogP contribution in [0.25, 0.3) is 0 Å². The number of hydrogen-bond donors (Lipinski definition) is 1. The quantitative estimate of drug-likeness (QED) is 0.559. The van der Waals surface area contributed by atoms with E-state index >= 15 is 0 Å². The van der Waals surface area contributed by atoms with Crippen LogP contribution in [0.15, 0.2) is 23.8 Å². The molecule has 0 radical (unpaired) electrons. The largest absolute Gasteiger partial charge is 0.389 e. The molecular formula is C10H12O. The second-order valence-electron chi connectivity index (χ2n) is 2.89. The molecular weight excluding hydrogens is 136 g/mol. The Morgan fingerprint density at radius 3 is 2.91 bits per heavy atom. The molecule has 0 saturated heterocycles. The Bertz CT molecular complexity index is 242. The Morgan fingerprint density at radius 2 is 2.55 bits per heavy atom. The molecule has 0 heterocycles. The van der Waals surface area contributed by atoms with Crippen molar-refractivity contribution in [3.8, 4) is 12.3 Å². The third-order valence-corrected chi connectivity index (χ3v) is 1.95. The molecule has 1 nitrogen and oxygen atoms in total. The highest BCUT2D eigenvalue weighted by Crippen LogP contribution is 2.28. The van der Waals surface area contributed by atoms with E-state index in [1.807, 2.05) is 6.92 Å². The van der Waals surface area contributed by atoms with E-state index in [0.717, 1.165) is 11.1 Å². The summed E-state index contributed by atoms with van der Waals surface area (Å²) in [6, 6.07) is 0. The van der Waals surface area contributed by atoms with Crippen LogP contribution in [-0.2, 0) is 0 Å². The molecule has 1 unspecified atom stereocenters. The molecule has 1 heteroatoms. The van der Waals surface area contributed by atoms with Gasteiger partial charge in [-0.1, -0.05) is 18.6 Å². The van der Waals surface area contributed by atoms with Gasteiger partial charge in [-0.05, 0) is 18.1 Å². The molecule has 0 aliphatic heterocycles. The predicted octanol–water partition coefficient (Wildman–Crippen LogP) is 1.50. The average Bonchev–Trinajstić information content (AvgIpc) is 2.28. The summed E-state index contributed by atoms with van der Waals surface area (Å²) in [6.45, 7) is 5.77. The molecule has 1 aliphatic carbocycles. The number of hydrogen-bond acceptors (Lipinski definition) is 1. The summed E-state index contributed by atoms with van der Waals surface area (Å²) < 4.78 is 0. The summed E-state index contributed by atoms with van der Waals surface area (Å²) in [6.07, 6.45) is 7.32. The highest BCUT2D eigenvalue weighted by atomic mass is 16.3. The second kappa shape index (κ2) is 2.94. The SMILES string of the molecule is C#CC(C)C1=C[C@@H](O)CC1=C. The van der Waals surface area contributed by atoms with E-state index in [4.69, 9.17) is 6.42 Å². The van der Waals surface area contributed by atoms with Gasteiger partial charge in [0, 0.05) is 12.3 Å². The smallest absolute Gasteiger partial charge is 0.0767 e. The molecule has 0 spiro atoms. The molecule has 0 aromatic rings. The Labute approximate surface area is 67.4 Å². The van der Waals surface area contributed by atoms with Crippen molar-refractivity contribution in [1.29, 1.82) is 0 Å². The minimum Gasteiger partial charge on any atom is -0.389 e. The standard InChI is InChI=1S/C10H12O/c1-4-7(2)10-6-9(11)5-8(10)3/h1,6-7,9,11H,3,5H2,2H3/t7?,9-/m0/s1. The van der Waals surface area contributed by atoms with Crippen molar-refractivity contribution in [2.45, 2.75) is 19.4 Å². The monoisotopic (exact) mass is 148 g/mol. The zero-order valence-corrected chi connectivity index (χ0v) is 6.67. The fourth-order valence-electron chi connectivity index (χ4n) is 1.29. The van der Waals surface area contributed by atoms with Crippen molar-refractivity contribution in [1.82, 2.24) is 0 Å². The first-order valence-electron chi connectivity index (χ1n) is 3.69. The lowest BCUT2D eigenvalue weighted by Gasteiger charge is -2.05. The van der Waals surface area contributed by atoms with Crippen LogP contribution in [0.5, 0.6) is 0 Å². The second-order valence-corrected chi connectivity index (χ2v) is 2.89. The molecule has 11 heavy (non-hydrogen) atoms. The number of aliphatic hydroxyl groups excluding tert-OH is 1. The van der Waals surface area contributed by atoms with Crippen LogP contribution in [0.3, 0.4) is 0 Å².